The van der Waals surface area contributed by atoms with Crippen LogP contribution in [0.25, 0.3) is 6.08 Å². The Kier molecular flexibility index (Phi) is 10.9. The molecular formula is C37H35ClF3N3O2. The zero-order chi connectivity index (χ0) is 32.5. The van der Waals surface area contributed by atoms with Crippen LogP contribution in [0.15, 0.2) is 115 Å². The van der Waals surface area contributed by atoms with Crippen LogP contribution in [0.1, 0.15) is 27.8 Å². The Labute approximate surface area is 272 Å². The summed E-state index contributed by atoms with van der Waals surface area (Å²) in [5.41, 5.74) is 2.58. The maximum atomic E-state index is 14.3. The minimum Gasteiger partial charge on any atom is -0.338 e. The molecule has 0 saturated carbocycles. The lowest BCUT2D eigenvalue weighted by atomic mass is 10.0. The maximum Gasteiger partial charge on any atom is 0.416 e. The molecule has 1 fully saturated rings. The summed E-state index contributed by atoms with van der Waals surface area (Å²) < 4.78 is 39.2. The highest BCUT2D eigenvalue weighted by molar-refractivity contribution is 6.30. The van der Waals surface area contributed by atoms with Crippen molar-refractivity contribution in [2.75, 3.05) is 26.2 Å². The SMILES string of the molecule is O=C(C(Cc1ccccc1)N(Cc1ccc(Cl)cc1)C(=O)C=Cc1ccc(C(F)(F)F)cc1)N1CCN(Cc2ccccc2)CC1. The van der Waals surface area contributed by atoms with Crippen LogP contribution in [0.4, 0.5) is 13.2 Å². The predicted molar refractivity (Wildman–Crippen MR) is 175 cm³/mol. The minimum absolute atomic E-state index is 0.143. The average Bonchev–Trinajstić information content (AvgIpc) is 3.07. The molecule has 1 saturated heterocycles. The molecule has 4 aromatic carbocycles. The lowest BCUT2D eigenvalue weighted by Gasteiger charge is -2.39. The number of benzene rings is 4. The number of halogens is 4. The molecule has 1 aliphatic heterocycles. The molecule has 5 nitrogen and oxygen atoms in total. The molecule has 1 unspecified atom stereocenters. The van der Waals surface area contributed by atoms with Crippen LogP contribution in [-0.2, 0) is 35.3 Å². The van der Waals surface area contributed by atoms with E-state index in [2.05, 4.69) is 17.0 Å². The highest BCUT2D eigenvalue weighted by Gasteiger charge is 2.34. The third-order valence-electron chi connectivity index (χ3n) is 8.07. The fraction of sp³-hybridized carbons (Fsp3) is 0.243. The van der Waals surface area contributed by atoms with Crippen LogP contribution in [0.2, 0.25) is 5.02 Å². The molecule has 1 heterocycles. The Morgan fingerprint density at radius 2 is 1.35 bits per heavy atom. The van der Waals surface area contributed by atoms with Crippen LogP contribution >= 0.6 is 11.6 Å². The number of carbonyl (C=O) groups excluding carboxylic acids is 2. The molecule has 0 aliphatic carbocycles. The van der Waals surface area contributed by atoms with Crippen molar-refractivity contribution in [1.82, 2.24) is 14.7 Å². The Morgan fingerprint density at radius 1 is 0.761 bits per heavy atom. The first-order chi connectivity index (χ1) is 22.2. The summed E-state index contributed by atoms with van der Waals surface area (Å²) in [5.74, 6) is -0.569. The van der Waals surface area contributed by atoms with E-state index in [4.69, 9.17) is 11.6 Å². The van der Waals surface area contributed by atoms with Gasteiger partial charge in [-0.2, -0.15) is 13.2 Å². The predicted octanol–water partition coefficient (Wildman–Crippen LogP) is 7.36. The van der Waals surface area contributed by atoms with Gasteiger partial charge in [0, 0.05) is 56.8 Å². The first-order valence-electron chi connectivity index (χ1n) is 15.1. The van der Waals surface area contributed by atoms with Crippen molar-refractivity contribution in [3.8, 4) is 0 Å². The lowest BCUT2D eigenvalue weighted by Crippen LogP contribution is -2.56. The summed E-state index contributed by atoms with van der Waals surface area (Å²) >= 11 is 6.13. The number of rotatable bonds is 10. The quantitative estimate of drug-likeness (QED) is 0.169. The Morgan fingerprint density at radius 3 is 1.93 bits per heavy atom. The van der Waals surface area contributed by atoms with E-state index in [-0.39, 0.29) is 12.5 Å². The van der Waals surface area contributed by atoms with E-state index in [1.807, 2.05) is 65.6 Å². The molecule has 0 bridgehead atoms. The van der Waals surface area contributed by atoms with Crippen molar-refractivity contribution in [2.24, 2.45) is 0 Å². The number of amides is 2. The van der Waals surface area contributed by atoms with Gasteiger partial charge in [0.15, 0.2) is 0 Å². The molecule has 0 aromatic heterocycles. The van der Waals surface area contributed by atoms with Gasteiger partial charge in [0.05, 0.1) is 5.56 Å². The standard InChI is InChI=1S/C37H35ClF3N3O2/c38-33-18-13-31(14-19-33)27-44(35(45)20-15-28-11-16-32(17-12-28)37(39,40)41)34(25-29-7-3-1-4-8-29)36(46)43-23-21-42(22-24-43)26-30-9-5-2-6-10-30/h1-20,34H,21-27H2. The highest BCUT2D eigenvalue weighted by Crippen LogP contribution is 2.29. The molecule has 9 heteroatoms. The maximum absolute atomic E-state index is 14.3. The van der Waals surface area contributed by atoms with Crippen molar-refractivity contribution in [3.63, 3.8) is 0 Å². The minimum atomic E-state index is -4.45. The summed E-state index contributed by atoms with van der Waals surface area (Å²) in [4.78, 5) is 34.0. The van der Waals surface area contributed by atoms with E-state index in [1.165, 1.54) is 29.8 Å². The normalized spacial score (nSPS) is 14.7. The summed E-state index contributed by atoms with van der Waals surface area (Å²) in [6, 6.07) is 30.6. The number of nitrogens with zero attached hydrogens (tertiary/aromatic N) is 3. The first kappa shape index (κ1) is 33.0. The summed E-state index contributed by atoms with van der Waals surface area (Å²) in [5, 5.41) is 0.550. The first-order valence-corrected chi connectivity index (χ1v) is 15.5. The number of alkyl halides is 3. The second kappa shape index (κ2) is 15.3. The average molecular weight is 646 g/mol. The molecule has 0 N–H and O–H groups in total. The summed E-state index contributed by atoms with van der Waals surface area (Å²) in [6.07, 6.45) is -1.35. The van der Waals surface area contributed by atoms with Crippen LogP contribution in [-0.4, -0.2) is 58.7 Å². The van der Waals surface area contributed by atoms with Gasteiger partial charge in [0.25, 0.3) is 0 Å². The molecule has 238 valence electrons. The summed E-state index contributed by atoms with van der Waals surface area (Å²) in [7, 11) is 0. The largest absolute Gasteiger partial charge is 0.416 e. The van der Waals surface area contributed by atoms with E-state index >= 15 is 0 Å². The van der Waals surface area contributed by atoms with Gasteiger partial charge in [0.2, 0.25) is 11.8 Å². The molecule has 1 aliphatic rings. The Hall–Kier alpha value is -4.40. The molecular weight excluding hydrogens is 611 g/mol. The fourth-order valence-corrected chi connectivity index (χ4v) is 5.65. The molecule has 0 radical (unpaired) electrons. The van der Waals surface area contributed by atoms with E-state index in [9.17, 15) is 22.8 Å². The zero-order valence-electron chi connectivity index (χ0n) is 25.2. The monoisotopic (exact) mass is 645 g/mol. The van der Waals surface area contributed by atoms with E-state index in [0.29, 0.717) is 43.2 Å². The number of hydrogen-bond donors (Lipinski definition) is 0. The summed E-state index contributed by atoms with van der Waals surface area (Å²) in [6.45, 7) is 3.41. The van der Waals surface area contributed by atoms with Crippen molar-refractivity contribution in [1.29, 1.82) is 0 Å². The van der Waals surface area contributed by atoms with E-state index in [0.717, 1.165) is 29.8 Å². The van der Waals surface area contributed by atoms with Crippen molar-refractivity contribution < 1.29 is 22.8 Å². The number of hydrogen-bond acceptors (Lipinski definition) is 3. The molecule has 46 heavy (non-hydrogen) atoms. The molecule has 4 aromatic rings. The fourth-order valence-electron chi connectivity index (χ4n) is 5.52. The number of piperazine rings is 1. The van der Waals surface area contributed by atoms with E-state index in [1.54, 1.807) is 17.0 Å². The van der Waals surface area contributed by atoms with Crippen molar-refractivity contribution in [3.05, 3.63) is 148 Å². The van der Waals surface area contributed by atoms with Gasteiger partial charge in [-0.25, -0.2) is 0 Å². The van der Waals surface area contributed by atoms with Gasteiger partial charge in [-0.3, -0.25) is 14.5 Å². The number of carbonyl (C=O) groups is 2. The Bertz CT molecular complexity index is 1600. The molecule has 1 atom stereocenters. The smallest absolute Gasteiger partial charge is 0.338 e. The third kappa shape index (κ3) is 9.08. The van der Waals surface area contributed by atoms with Gasteiger partial charge < -0.3 is 9.80 Å². The van der Waals surface area contributed by atoms with Crippen LogP contribution in [0, 0.1) is 0 Å². The third-order valence-corrected chi connectivity index (χ3v) is 8.32. The lowest BCUT2D eigenvalue weighted by molar-refractivity contribution is -0.145. The van der Waals surface area contributed by atoms with E-state index < -0.39 is 23.7 Å². The topological polar surface area (TPSA) is 43.9 Å². The van der Waals surface area contributed by atoms with Gasteiger partial charge in [0.1, 0.15) is 6.04 Å². The van der Waals surface area contributed by atoms with Gasteiger partial charge in [-0.05, 0) is 52.6 Å². The van der Waals surface area contributed by atoms with Gasteiger partial charge in [-0.15, -0.1) is 0 Å². The van der Waals surface area contributed by atoms with Crippen molar-refractivity contribution >= 4 is 29.5 Å². The highest BCUT2D eigenvalue weighted by atomic mass is 35.5. The zero-order valence-corrected chi connectivity index (χ0v) is 26.0. The Balaban J connectivity index is 1.40. The van der Waals surface area contributed by atoms with Crippen LogP contribution in [0.5, 0.6) is 0 Å². The second-order valence-corrected chi connectivity index (χ2v) is 11.8. The van der Waals surface area contributed by atoms with Crippen LogP contribution in [0.3, 0.4) is 0 Å². The van der Waals surface area contributed by atoms with Crippen LogP contribution < -0.4 is 0 Å². The molecule has 5 rings (SSSR count). The van der Waals surface area contributed by atoms with Gasteiger partial charge >= 0.3 is 6.18 Å². The molecule has 0 spiro atoms. The van der Waals surface area contributed by atoms with Crippen molar-refractivity contribution in [2.45, 2.75) is 31.7 Å². The van der Waals surface area contributed by atoms with Gasteiger partial charge in [-0.1, -0.05) is 96.5 Å². The molecule has 2 amide bonds. The second-order valence-electron chi connectivity index (χ2n) is 11.3.